The van der Waals surface area contributed by atoms with Crippen LogP contribution in [0.3, 0.4) is 0 Å². The van der Waals surface area contributed by atoms with Crippen molar-refractivity contribution < 1.29 is 24.0 Å². The molecule has 0 heterocycles. The number of rotatable bonds is 5. The molecule has 0 saturated heterocycles. The number of nitro groups is 1. The van der Waals surface area contributed by atoms with Gasteiger partial charge >= 0.3 is 11.7 Å². The van der Waals surface area contributed by atoms with E-state index in [0.29, 0.717) is 0 Å². The number of halogens is 1. The van der Waals surface area contributed by atoms with E-state index in [1.54, 1.807) is 6.92 Å². The number of aliphatic carboxylic acids is 1. The average Bonchev–Trinajstić information content (AvgIpc) is 2.38. The maximum absolute atomic E-state index is 13.2. The lowest BCUT2D eigenvalue weighted by Crippen LogP contribution is -2.41. The number of carboxylic acids is 1. The fourth-order valence-corrected chi connectivity index (χ4v) is 1.74. The largest absolute Gasteiger partial charge is 0.480 e. The van der Waals surface area contributed by atoms with Crippen molar-refractivity contribution in [2.24, 2.45) is 0 Å². The first-order valence-electron chi connectivity index (χ1n) is 5.73. The zero-order valence-corrected chi connectivity index (χ0v) is 10.9. The van der Waals surface area contributed by atoms with Gasteiger partial charge in [-0.1, -0.05) is 6.92 Å². The lowest BCUT2D eigenvalue weighted by molar-refractivity contribution is -0.387. The molecule has 1 amide bonds. The number of hydrogen-bond donors (Lipinski definition) is 1. The fraction of sp³-hybridized carbons (Fsp3) is 0.333. The summed E-state index contributed by atoms with van der Waals surface area (Å²) in [6, 6.07) is 1.63. The van der Waals surface area contributed by atoms with Crippen LogP contribution in [0.15, 0.2) is 18.2 Å². The molecule has 7 nitrogen and oxygen atoms in total. The molecule has 108 valence electrons. The molecule has 0 fully saturated rings. The number of benzene rings is 1. The molecular weight excluding hydrogens is 271 g/mol. The monoisotopic (exact) mass is 284 g/mol. The SMILES string of the molecule is CCC(C(=O)O)N(C)C(=O)c1ccc(F)c([N+](=O)[O-])c1. The first-order valence-corrected chi connectivity index (χ1v) is 5.73. The number of amides is 1. The van der Waals surface area contributed by atoms with Crippen LogP contribution in [0.1, 0.15) is 23.7 Å². The predicted molar refractivity (Wildman–Crippen MR) is 66.9 cm³/mol. The molecule has 1 aromatic rings. The molecule has 1 rings (SSSR count). The van der Waals surface area contributed by atoms with Crippen LogP contribution in [-0.2, 0) is 4.79 Å². The fourth-order valence-electron chi connectivity index (χ4n) is 1.74. The van der Waals surface area contributed by atoms with E-state index in [1.807, 2.05) is 0 Å². The highest BCUT2D eigenvalue weighted by Gasteiger charge is 2.27. The van der Waals surface area contributed by atoms with Crippen LogP contribution in [0.5, 0.6) is 0 Å². The average molecular weight is 284 g/mol. The van der Waals surface area contributed by atoms with Crippen LogP contribution in [0.4, 0.5) is 10.1 Å². The van der Waals surface area contributed by atoms with Crippen molar-refractivity contribution in [3.8, 4) is 0 Å². The molecule has 0 aliphatic carbocycles. The molecule has 0 aromatic heterocycles. The minimum Gasteiger partial charge on any atom is -0.480 e. The van der Waals surface area contributed by atoms with Crippen LogP contribution in [0, 0.1) is 15.9 Å². The van der Waals surface area contributed by atoms with Gasteiger partial charge in [-0.05, 0) is 18.6 Å². The van der Waals surface area contributed by atoms with Crippen molar-refractivity contribution in [3.05, 3.63) is 39.7 Å². The molecule has 0 bridgehead atoms. The molecule has 20 heavy (non-hydrogen) atoms. The summed E-state index contributed by atoms with van der Waals surface area (Å²) >= 11 is 0. The summed E-state index contributed by atoms with van der Waals surface area (Å²) in [6.45, 7) is 1.59. The first kappa shape index (κ1) is 15.5. The highest BCUT2D eigenvalue weighted by atomic mass is 19.1. The molecule has 8 heteroatoms. The lowest BCUT2D eigenvalue weighted by atomic mass is 10.1. The standard InChI is InChI=1S/C12H13FN2O5/c1-3-9(12(17)18)14(2)11(16)7-4-5-8(13)10(6-7)15(19)20/h4-6,9H,3H2,1-2H3,(H,17,18). The zero-order chi connectivity index (χ0) is 15.4. The van der Waals surface area contributed by atoms with Gasteiger partial charge in [0.05, 0.1) is 4.92 Å². The Morgan fingerprint density at radius 2 is 2.10 bits per heavy atom. The van der Waals surface area contributed by atoms with Crippen molar-refractivity contribution in [3.63, 3.8) is 0 Å². The number of carboxylic acid groups (broad SMARTS) is 1. The molecule has 1 aromatic carbocycles. The number of hydrogen-bond acceptors (Lipinski definition) is 4. The van der Waals surface area contributed by atoms with E-state index in [2.05, 4.69) is 0 Å². The zero-order valence-electron chi connectivity index (χ0n) is 10.9. The summed E-state index contributed by atoms with van der Waals surface area (Å²) in [4.78, 5) is 33.7. The van der Waals surface area contributed by atoms with Gasteiger partial charge in [0.15, 0.2) is 0 Å². The van der Waals surface area contributed by atoms with Gasteiger partial charge in [0.2, 0.25) is 5.82 Å². The third kappa shape index (κ3) is 3.08. The summed E-state index contributed by atoms with van der Waals surface area (Å²) in [7, 11) is 1.28. The van der Waals surface area contributed by atoms with Crippen LogP contribution in [0.25, 0.3) is 0 Å². The van der Waals surface area contributed by atoms with E-state index < -0.39 is 34.3 Å². The van der Waals surface area contributed by atoms with Crippen molar-refractivity contribution >= 4 is 17.6 Å². The van der Waals surface area contributed by atoms with E-state index in [-0.39, 0.29) is 12.0 Å². The van der Waals surface area contributed by atoms with Gasteiger partial charge in [-0.15, -0.1) is 0 Å². The number of nitro benzene ring substituents is 1. The van der Waals surface area contributed by atoms with Gasteiger partial charge in [0.25, 0.3) is 5.91 Å². The van der Waals surface area contributed by atoms with Gasteiger partial charge in [0, 0.05) is 18.7 Å². The number of carbonyl (C=O) groups is 2. The number of likely N-dealkylation sites (N-methyl/N-ethyl adjacent to an activating group) is 1. The maximum atomic E-state index is 13.2. The Hall–Kier alpha value is -2.51. The third-order valence-electron chi connectivity index (χ3n) is 2.85. The van der Waals surface area contributed by atoms with Gasteiger partial charge in [-0.25, -0.2) is 4.79 Å². The second-order valence-corrected chi connectivity index (χ2v) is 4.10. The molecule has 0 saturated carbocycles. The summed E-state index contributed by atoms with van der Waals surface area (Å²) in [6.07, 6.45) is 0.181. The Morgan fingerprint density at radius 1 is 1.50 bits per heavy atom. The summed E-state index contributed by atoms with van der Waals surface area (Å²) in [5.41, 5.74) is -0.965. The number of carbonyl (C=O) groups excluding carboxylic acids is 1. The van der Waals surface area contributed by atoms with Gasteiger partial charge < -0.3 is 10.0 Å². The van der Waals surface area contributed by atoms with Crippen molar-refractivity contribution in [2.75, 3.05) is 7.05 Å². The maximum Gasteiger partial charge on any atom is 0.326 e. The lowest BCUT2D eigenvalue weighted by Gasteiger charge is -2.23. The molecule has 1 N–H and O–H groups in total. The minimum absolute atomic E-state index is 0.139. The quantitative estimate of drug-likeness (QED) is 0.654. The Balaban J connectivity index is 3.12. The molecular formula is C12H13FN2O5. The van der Waals surface area contributed by atoms with Crippen LogP contribution in [0.2, 0.25) is 0 Å². The van der Waals surface area contributed by atoms with Crippen molar-refractivity contribution in [1.82, 2.24) is 4.90 Å². The van der Waals surface area contributed by atoms with E-state index in [1.165, 1.54) is 7.05 Å². The summed E-state index contributed by atoms with van der Waals surface area (Å²) in [5, 5.41) is 19.6. The van der Waals surface area contributed by atoms with Crippen molar-refractivity contribution in [1.29, 1.82) is 0 Å². The Kier molecular flexibility index (Phi) is 4.73. The Bertz CT molecular complexity index is 561. The highest BCUT2D eigenvalue weighted by molar-refractivity contribution is 5.97. The third-order valence-corrected chi connectivity index (χ3v) is 2.85. The normalized spacial score (nSPS) is 11.8. The molecule has 0 radical (unpaired) electrons. The van der Waals surface area contributed by atoms with Gasteiger partial charge in [0.1, 0.15) is 6.04 Å². The van der Waals surface area contributed by atoms with Crippen LogP contribution in [-0.4, -0.2) is 39.9 Å². The van der Waals surface area contributed by atoms with E-state index in [4.69, 9.17) is 5.11 Å². The molecule has 0 spiro atoms. The van der Waals surface area contributed by atoms with E-state index in [0.717, 1.165) is 23.1 Å². The van der Waals surface area contributed by atoms with Gasteiger partial charge in [-0.3, -0.25) is 14.9 Å². The topological polar surface area (TPSA) is 101 Å². The molecule has 0 aliphatic heterocycles. The molecule has 0 aliphatic rings. The second-order valence-electron chi connectivity index (χ2n) is 4.10. The predicted octanol–water partition coefficient (Wildman–Crippen LogP) is 1.67. The first-order chi connectivity index (χ1) is 9.29. The summed E-state index contributed by atoms with van der Waals surface area (Å²) in [5.74, 6) is -2.96. The summed E-state index contributed by atoms with van der Waals surface area (Å²) < 4.78 is 13.2. The van der Waals surface area contributed by atoms with Gasteiger partial charge in [-0.2, -0.15) is 4.39 Å². The highest BCUT2D eigenvalue weighted by Crippen LogP contribution is 2.20. The van der Waals surface area contributed by atoms with E-state index in [9.17, 15) is 24.1 Å². The smallest absolute Gasteiger partial charge is 0.326 e. The second kappa shape index (κ2) is 6.09. The minimum atomic E-state index is -1.18. The Labute approximate surface area is 113 Å². The number of nitrogens with zero attached hydrogens (tertiary/aromatic N) is 2. The van der Waals surface area contributed by atoms with E-state index >= 15 is 0 Å². The van der Waals surface area contributed by atoms with Crippen LogP contribution >= 0.6 is 0 Å². The Morgan fingerprint density at radius 3 is 2.55 bits per heavy atom. The molecule has 1 unspecified atom stereocenters. The molecule has 1 atom stereocenters. The van der Waals surface area contributed by atoms with Crippen LogP contribution < -0.4 is 0 Å². The van der Waals surface area contributed by atoms with Crippen molar-refractivity contribution in [2.45, 2.75) is 19.4 Å².